The number of hydrogen-bond acceptors (Lipinski definition) is 5. The number of nitrogens with zero attached hydrogens (tertiary/aromatic N) is 2. The van der Waals surface area contributed by atoms with Gasteiger partial charge in [0.25, 0.3) is 0 Å². The summed E-state index contributed by atoms with van der Waals surface area (Å²) in [7, 11) is -2.50. The highest BCUT2D eigenvalue weighted by Crippen LogP contribution is 2.33. The molecule has 0 aliphatic carbocycles. The van der Waals surface area contributed by atoms with Crippen LogP contribution in [-0.2, 0) is 26.2 Å². The van der Waals surface area contributed by atoms with Crippen molar-refractivity contribution in [2.45, 2.75) is 52.7 Å². The number of nitrogens with one attached hydrogen (secondary N) is 1. The maximum Gasteiger partial charge on any atom is 0.244 e. The van der Waals surface area contributed by atoms with Gasteiger partial charge in [0, 0.05) is 17.6 Å². The Morgan fingerprint density at radius 3 is 2.37 bits per heavy atom. The Balaban J connectivity index is 2.52. The molecule has 1 unspecified atom stereocenters. The first-order valence-corrected chi connectivity index (χ1v) is 13.6. The Morgan fingerprint density at radius 1 is 1.14 bits per heavy atom. The third kappa shape index (κ3) is 7.86. The van der Waals surface area contributed by atoms with Crippen molar-refractivity contribution < 1.29 is 22.7 Å². The lowest BCUT2D eigenvalue weighted by molar-refractivity contribution is -0.140. The average Bonchev–Trinajstić information content (AvgIpc) is 2.76. The molecule has 0 radical (unpaired) electrons. The second-order valence-electron chi connectivity index (χ2n) is 8.68. The summed E-state index contributed by atoms with van der Waals surface area (Å²) in [5, 5.41) is 3.16. The monoisotopic (exact) mass is 523 g/mol. The predicted octanol–water partition coefficient (Wildman–Crippen LogP) is 3.76. The molecule has 0 aliphatic rings. The van der Waals surface area contributed by atoms with Gasteiger partial charge in [-0.15, -0.1) is 0 Å². The molecule has 1 atom stereocenters. The van der Waals surface area contributed by atoms with E-state index < -0.39 is 28.5 Å². The van der Waals surface area contributed by atoms with Gasteiger partial charge in [-0.25, -0.2) is 8.42 Å². The van der Waals surface area contributed by atoms with Crippen LogP contribution in [0.1, 0.15) is 38.3 Å². The fraction of sp³-hybridized carbons (Fsp3) is 0.440. The summed E-state index contributed by atoms with van der Waals surface area (Å²) in [5.41, 5.74) is 1.99. The molecule has 35 heavy (non-hydrogen) atoms. The number of sulfonamides is 1. The first-order valence-electron chi connectivity index (χ1n) is 11.3. The number of carbonyl (C=O) groups is 2. The van der Waals surface area contributed by atoms with Crippen LogP contribution in [0, 0.1) is 6.92 Å². The fourth-order valence-electron chi connectivity index (χ4n) is 3.76. The molecule has 0 fully saturated rings. The smallest absolute Gasteiger partial charge is 0.244 e. The molecular formula is C25H34ClN3O5S. The minimum atomic E-state index is -3.90. The van der Waals surface area contributed by atoms with Gasteiger partial charge in [-0.3, -0.25) is 13.9 Å². The maximum absolute atomic E-state index is 13.7. The summed E-state index contributed by atoms with van der Waals surface area (Å²) in [6.07, 6.45) is 1.36. The zero-order valence-corrected chi connectivity index (χ0v) is 22.6. The van der Waals surface area contributed by atoms with Crippen molar-refractivity contribution in [1.29, 1.82) is 0 Å². The topological polar surface area (TPSA) is 96.0 Å². The van der Waals surface area contributed by atoms with Gasteiger partial charge >= 0.3 is 0 Å². The molecule has 0 saturated carbocycles. The number of aryl methyl sites for hydroxylation is 1. The molecule has 2 rings (SSSR count). The molecule has 192 valence electrons. The van der Waals surface area contributed by atoms with E-state index in [9.17, 15) is 18.0 Å². The Kier molecular flexibility index (Phi) is 9.97. The highest BCUT2D eigenvalue weighted by molar-refractivity contribution is 7.92. The van der Waals surface area contributed by atoms with Gasteiger partial charge < -0.3 is 15.0 Å². The number of rotatable bonds is 11. The van der Waals surface area contributed by atoms with Gasteiger partial charge in [0.2, 0.25) is 21.8 Å². The van der Waals surface area contributed by atoms with Crippen LogP contribution in [0.5, 0.6) is 5.75 Å². The van der Waals surface area contributed by atoms with Crippen LogP contribution in [0.25, 0.3) is 0 Å². The molecule has 0 aromatic heterocycles. The van der Waals surface area contributed by atoms with Crippen LogP contribution in [0.4, 0.5) is 5.69 Å². The molecule has 1 N–H and O–H groups in total. The van der Waals surface area contributed by atoms with Crippen LogP contribution < -0.4 is 14.4 Å². The van der Waals surface area contributed by atoms with Crippen LogP contribution >= 0.6 is 11.6 Å². The summed E-state index contributed by atoms with van der Waals surface area (Å²) < 4.78 is 31.8. The van der Waals surface area contributed by atoms with Crippen molar-refractivity contribution in [2.75, 3.05) is 24.2 Å². The number of amides is 2. The van der Waals surface area contributed by atoms with Crippen molar-refractivity contribution >= 4 is 39.1 Å². The van der Waals surface area contributed by atoms with E-state index in [4.69, 9.17) is 16.3 Å². The zero-order chi connectivity index (χ0) is 26.3. The van der Waals surface area contributed by atoms with Crippen molar-refractivity contribution in [3.8, 4) is 5.75 Å². The SMILES string of the molecule is CCC(C(=O)NC(C)C)N(Cc1cccc(C)c1)C(=O)CN(c1cc(Cl)ccc1OC)S(C)(=O)=O. The van der Waals surface area contributed by atoms with Crippen molar-refractivity contribution in [1.82, 2.24) is 10.2 Å². The van der Waals surface area contributed by atoms with Gasteiger partial charge in [-0.2, -0.15) is 0 Å². The van der Waals surface area contributed by atoms with Crippen molar-refractivity contribution in [2.24, 2.45) is 0 Å². The highest BCUT2D eigenvalue weighted by Gasteiger charge is 2.32. The minimum absolute atomic E-state index is 0.115. The molecule has 2 aromatic carbocycles. The Hall–Kier alpha value is -2.78. The quantitative estimate of drug-likeness (QED) is 0.484. The largest absolute Gasteiger partial charge is 0.495 e. The number of methoxy groups -OCH3 is 1. The maximum atomic E-state index is 13.7. The van der Waals surface area contributed by atoms with Crippen LogP contribution in [0.2, 0.25) is 5.02 Å². The number of ether oxygens (including phenoxy) is 1. The molecule has 0 bridgehead atoms. The molecule has 2 amide bonds. The van der Waals surface area contributed by atoms with Crippen molar-refractivity contribution in [3.05, 3.63) is 58.6 Å². The van der Waals surface area contributed by atoms with E-state index in [1.807, 2.05) is 52.0 Å². The van der Waals surface area contributed by atoms with E-state index in [1.165, 1.54) is 24.1 Å². The molecule has 0 saturated heterocycles. The van der Waals surface area contributed by atoms with E-state index in [0.717, 1.165) is 21.7 Å². The Bertz CT molecular complexity index is 1150. The molecule has 8 nitrogen and oxygen atoms in total. The molecule has 0 spiro atoms. The number of halogens is 1. The Labute approximate surface area is 213 Å². The fourth-order valence-corrected chi connectivity index (χ4v) is 4.77. The second-order valence-corrected chi connectivity index (χ2v) is 11.0. The normalized spacial score (nSPS) is 12.2. The van der Waals surface area contributed by atoms with E-state index in [0.29, 0.717) is 11.4 Å². The van der Waals surface area contributed by atoms with E-state index >= 15 is 0 Å². The van der Waals surface area contributed by atoms with Crippen LogP contribution in [-0.4, -0.2) is 57.1 Å². The summed E-state index contributed by atoms with van der Waals surface area (Å²) in [4.78, 5) is 28.1. The summed E-state index contributed by atoms with van der Waals surface area (Å²) in [5.74, 6) is -0.568. The van der Waals surface area contributed by atoms with Gasteiger partial charge in [0.05, 0.1) is 19.1 Å². The van der Waals surface area contributed by atoms with Gasteiger partial charge in [-0.1, -0.05) is 48.4 Å². The zero-order valence-electron chi connectivity index (χ0n) is 21.0. The third-order valence-electron chi connectivity index (χ3n) is 5.34. The summed E-state index contributed by atoms with van der Waals surface area (Å²) in [6, 6.07) is 11.3. The molecular weight excluding hydrogens is 490 g/mol. The van der Waals surface area contributed by atoms with E-state index in [2.05, 4.69) is 5.32 Å². The van der Waals surface area contributed by atoms with E-state index in [1.54, 1.807) is 6.07 Å². The number of carbonyl (C=O) groups excluding carboxylic acids is 2. The molecule has 0 heterocycles. The first-order chi connectivity index (χ1) is 16.4. The number of benzene rings is 2. The summed E-state index contributed by atoms with van der Waals surface area (Å²) in [6.45, 7) is 7.06. The molecule has 2 aromatic rings. The first kappa shape index (κ1) is 28.5. The van der Waals surface area contributed by atoms with E-state index in [-0.39, 0.29) is 29.9 Å². The lowest BCUT2D eigenvalue weighted by Gasteiger charge is -2.33. The van der Waals surface area contributed by atoms with Crippen LogP contribution in [0.3, 0.4) is 0 Å². The number of hydrogen-bond donors (Lipinski definition) is 1. The van der Waals surface area contributed by atoms with Crippen molar-refractivity contribution in [3.63, 3.8) is 0 Å². The highest BCUT2D eigenvalue weighted by atomic mass is 35.5. The van der Waals surface area contributed by atoms with Gasteiger partial charge in [0.1, 0.15) is 18.3 Å². The van der Waals surface area contributed by atoms with Crippen LogP contribution in [0.15, 0.2) is 42.5 Å². The average molecular weight is 524 g/mol. The predicted molar refractivity (Wildman–Crippen MR) is 139 cm³/mol. The Morgan fingerprint density at radius 2 is 1.83 bits per heavy atom. The number of anilines is 1. The summed E-state index contributed by atoms with van der Waals surface area (Å²) >= 11 is 6.13. The molecule has 0 aliphatic heterocycles. The molecule has 10 heteroatoms. The lowest BCUT2D eigenvalue weighted by atomic mass is 10.1. The lowest BCUT2D eigenvalue weighted by Crippen LogP contribution is -2.53. The second kappa shape index (κ2) is 12.3. The standard InChI is InChI=1S/C25H34ClN3O5S/c1-7-21(25(31)27-17(2)3)28(15-19-10-8-9-18(4)13-19)24(30)16-29(35(6,32)33)22-14-20(26)11-12-23(22)34-5/h8-14,17,21H,7,15-16H2,1-6H3,(H,27,31). The minimum Gasteiger partial charge on any atom is -0.495 e. The van der Waals surface area contributed by atoms with Gasteiger partial charge in [0.15, 0.2) is 0 Å². The van der Waals surface area contributed by atoms with Gasteiger partial charge in [-0.05, 0) is 51.0 Å². The third-order valence-corrected chi connectivity index (χ3v) is 6.70.